The van der Waals surface area contributed by atoms with Crippen molar-refractivity contribution in [1.82, 2.24) is 10.4 Å². The summed E-state index contributed by atoms with van der Waals surface area (Å²) in [6.45, 7) is 6.44. The van der Waals surface area contributed by atoms with Gasteiger partial charge in [-0.1, -0.05) is 19.1 Å². The molecule has 1 aromatic rings. The fourth-order valence-electron chi connectivity index (χ4n) is 3.31. The van der Waals surface area contributed by atoms with Gasteiger partial charge in [-0.05, 0) is 62.9 Å². The smallest absolute Gasteiger partial charge is 0.332 e. The number of hydroxylamine groups is 1. The summed E-state index contributed by atoms with van der Waals surface area (Å²) >= 11 is 0. The van der Waals surface area contributed by atoms with Crippen LogP contribution in [0.4, 0.5) is 0 Å². The van der Waals surface area contributed by atoms with Crippen LogP contribution in [0.5, 0.6) is 5.75 Å². The van der Waals surface area contributed by atoms with Gasteiger partial charge in [0.05, 0.1) is 6.61 Å². The Morgan fingerprint density at radius 2 is 2.00 bits per heavy atom. The Labute approximate surface area is 155 Å². The second-order valence-electron chi connectivity index (χ2n) is 6.68. The standard InChI is InChI=1S/C20H30N2O4/c1-3-19(22-12-5-6-13-22)17-9-8-10-18(15-17)25-14-7-4-11-20(24)26-21-16(2)23/h8-10,15,19H,3-7,11-14H2,1-2H3,(H,21,23). The number of hydrogen-bond acceptors (Lipinski definition) is 5. The first-order chi connectivity index (χ1) is 12.6. The van der Waals surface area contributed by atoms with E-state index in [0.717, 1.165) is 18.6 Å². The van der Waals surface area contributed by atoms with Gasteiger partial charge in [-0.25, -0.2) is 4.79 Å². The zero-order valence-corrected chi connectivity index (χ0v) is 15.8. The van der Waals surface area contributed by atoms with Crippen molar-refractivity contribution in [3.05, 3.63) is 29.8 Å². The van der Waals surface area contributed by atoms with E-state index in [1.54, 1.807) is 0 Å². The number of nitrogens with zero attached hydrogens (tertiary/aromatic N) is 1. The summed E-state index contributed by atoms with van der Waals surface area (Å²) in [5, 5.41) is 0. The second kappa shape index (κ2) is 10.8. The molecule has 1 unspecified atom stereocenters. The molecule has 0 aromatic heterocycles. The monoisotopic (exact) mass is 362 g/mol. The van der Waals surface area contributed by atoms with Crippen LogP contribution in [0.1, 0.15) is 64.0 Å². The van der Waals surface area contributed by atoms with Crippen LogP contribution in [-0.4, -0.2) is 36.5 Å². The SMILES string of the molecule is CCC(c1cccc(OCCCCC(=O)ONC(C)=O)c1)N1CCCC1. The minimum absolute atomic E-state index is 0.260. The van der Waals surface area contributed by atoms with Gasteiger partial charge < -0.3 is 9.57 Å². The van der Waals surface area contributed by atoms with Crippen LogP contribution in [-0.2, 0) is 14.4 Å². The molecule has 1 amide bonds. The maximum atomic E-state index is 11.4. The van der Waals surface area contributed by atoms with Gasteiger partial charge in [-0.15, -0.1) is 0 Å². The van der Waals surface area contributed by atoms with Crippen LogP contribution in [0, 0.1) is 0 Å². The van der Waals surface area contributed by atoms with E-state index < -0.39 is 5.97 Å². The number of likely N-dealkylation sites (tertiary alicyclic amines) is 1. The van der Waals surface area contributed by atoms with Gasteiger partial charge in [0.2, 0.25) is 5.91 Å². The van der Waals surface area contributed by atoms with E-state index in [4.69, 9.17) is 4.74 Å². The Hall–Kier alpha value is -2.08. The third kappa shape index (κ3) is 6.67. The number of nitrogens with one attached hydrogen (secondary N) is 1. The predicted molar refractivity (Wildman–Crippen MR) is 99.5 cm³/mol. The van der Waals surface area contributed by atoms with Crippen molar-refractivity contribution in [1.29, 1.82) is 0 Å². The van der Waals surface area contributed by atoms with Crippen LogP contribution < -0.4 is 10.2 Å². The lowest BCUT2D eigenvalue weighted by Gasteiger charge is -2.27. The highest BCUT2D eigenvalue weighted by Crippen LogP contribution is 2.29. The maximum Gasteiger partial charge on any atom is 0.332 e. The number of carbonyl (C=O) groups is 2. The van der Waals surface area contributed by atoms with Crippen molar-refractivity contribution < 1.29 is 19.2 Å². The Balaban J connectivity index is 1.73. The van der Waals surface area contributed by atoms with Crippen molar-refractivity contribution in [2.45, 2.75) is 58.4 Å². The normalized spacial score (nSPS) is 15.5. The molecule has 0 saturated carbocycles. The third-order valence-corrected chi connectivity index (χ3v) is 4.56. The molecular formula is C20H30N2O4. The predicted octanol–water partition coefficient (Wildman–Crippen LogP) is 3.38. The number of hydrogen-bond donors (Lipinski definition) is 1. The molecule has 0 radical (unpaired) electrons. The number of rotatable bonds is 9. The Kier molecular flexibility index (Phi) is 8.41. The van der Waals surface area contributed by atoms with Crippen molar-refractivity contribution >= 4 is 11.9 Å². The molecule has 1 aliphatic heterocycles. The Bertz CT molecular complexity index is 585. The molecule has 1 atom stereocenters. The first-order valence-corrected chi connectivity index (χ1v) is 9.53. The number of unbranched alkanes of at least 4 members (excludes halogenated alkanes) is 1. The van der Waals surface area contributed by atoms with Crippen LogP contribution in [0.15, 0.2) is 24.3 Å². The molecule has 6 heteroatoms. The molecule has 1 fully saturated rings. The van der Waals surface area contributed by atoms with E-state index >= 15 is 0 Å². The average molecular weight is 362 g/mol. The van der Waals surface area contributed by atoms with Crippen molar-refractivity contribution in [3.63, 3.8) is 0 Å². The van der Waals surface area contributed by atoms with Crippen LogP contribution in [0.25, 0.3) is 0 Å². The number of ether oxygens (including phenoxy) is 1. The Morgan fingerprint density at radius 3 is 2.69 bits per heavy atom. The summed E-state index contributed by atoms with van der Waals surface area (Å²) in [6.07, 6.45) is 5.34. The number of benzene rings is 1. The highest BCUT2D eigenvalue weighted by Gasteiger charge is 2.22. The highest BCUT2D eigenvalue weighted by atomic mass is 16.7. The van der Waals surface area contributed by atoms with Gasteiger partial charge in [-0.3, -0.25) is 9.69 Å². The maximum absolute atomic E-state index is 11.4. The van der Waals surface area contributed by atoms with Crippen LogP contribution in [0.3, 0.4) is 0 Å². The second-order valence-corrected chi connectivity index (χ2v) is 6.68. The lowest BCUT2D eigenvalue weighted by Crippen LogP contribution is -2.25. The van der Waals surface area contributed by atoms with Crippen molar-refractivity contribution in [3.8, 4) is 5.75 Å². The van der Waals surface area contributed by atoms with Crippen molar-refractivity contribution in [2.75, 3.05) is 19.7 Å². The molecule has 1 heterocycles. The van der Waals surface area contributed by atoms with Gasteiger partial charge in [0.1, 0.15) is 5.75 Å². The molecule has 144 valence electrons. The fourth-order valence-corrected chi connectivity index (χ4v) is 3.31. The molecule has 0 bridgehead atoms. The summed E-state index contributed by atoms with van der Waals surface area (Å²) in [7, 11) is 0. The van der Waals surface area contributed by atoms with Gasteiger partial charge in [0.25, 0.3) is 0 Å². The summed E-state index contributed by atoms with van der Waals surface area (Å²) in [5.74, 6) is 0.0560. The topological polar surface area (TPSA) is 67.9 Å². The molecule has 1 saturated heterocycles. The van der Waals surface area contributed by atoms with E-state index in [-0.39, 0.29) is 12.3 Å². The van der Waals surface area contributed by atoms with E-state index in [9.17, 15) is 9.59 Å². The summed E-state index contributed by atoms with van der Waals surface area (Å²) in [4.78, 5) is 29.2. The molecular weight excluding hydrogens is 332 g/mol. The lowest BCUT2D eigenvalue weighted by atomic mass is 10.0. The highest BCUT2D eigenvalue weighted by molar-refractivity contribution is 5.75. The molecule has 1 aromatic carbocycles. The van der Waals surface area contributed by atoms with Gasteiger partial charge >= 0.3 is 5.97 Å². The summed E-state index contributed by atoms with van der Waals surface area (Å²) in [6, 6.07) is 8.80. The molecule has 26 heavy (non-hydrogen) atoms. The number of carbonyl (C=O) groups excluding carboxylic acids is 2. The molecule has 1 N–H and O–H groups in total. The zero-order valence-electron chi connectivity index (χ0n) is 15.8. The molecule has 0 spiro atoms. The first-order valence-electron chi connectivity index (χ1n) is 9.53. The number of amides is 1. The van der Waals surface area contributed by atoms with E-state index in [2.05, 4.69) is 28.8 Å². The van der Waals surface area contributed by atoms with E-state index in [0.29, 0.717) is 19.1 Å². The molecule has 0 aliphatic carbocycles. The fraction of sp³-hybridized carbons (Fsp3) is 0.600. The van der Waals surface area contributed by atoms with Gasteiger partial charge in [-0.2, -0.15) is 5.48 Å². The quantitative estimate of drug-likeness (QED) is 0.539. The van der Waals surface area contributed by atoms with Gasteiger partial charge in [0, 0.05) is 19.4 Å². The Morgan fingerprint density at radius 1 is 1.23 bits per heavy atom. The van der Waals surface area contributed by atoms with Crippen LogP contribution >= 0.6 is 0 Å². The lowest BCUT2D eigenvalue weighted by molar-refractivity contribution is -0.157. The van der Waals surface area contributed by atoms with Gasteiger partial charge in [0.15, 0.2) is 0 Å². The molecule has 2 rings (SSSR count). The average Bonchev–Trinajstić information content (AvgIpc) is 3.15. The summed E-state index contributed by atoms with van der Waals surface area (Å²) < 4.78 is 5.84. The van der Waals surface area contributed by atoms with Crippen LogP contribution in [0.2, 0.25) is 0 Å². The summed E-state index contributed by atoms with van der Waals surface area (Å²) in [5.41, 5.74) is 3.34. The molecule has 6 nitrogen and oxygen atoms in total. The van der Waals surface area contributed by atoms with E-state index in [1.165, 1.54) is 38.4 Å². The first kappa shape index (κ1) is 20.2. The minimum Gasteiger partial charge on any atom is -0.494 e. The van der Waals surface area contributed by atoms with Crippen molar-refractivity contribution in [2.24, 2.45) is 0 Å². The largest absolute Gasteiger partial charge is 0.494 e. The third-order valence-electron chi connectivity index (χ3n) is 4.56. The zero-order chi connectivity index (χ0) is 18.8. The van der Waals surface area contributed by atoms with E-state index in [1.807, 2.05) is 17.6 Å². The molecule has 1 aliphatic rings. The minimum atomic E-state index is -0.432.